The minimum absolute atomic E-state index is 0.132. The summed E-state index contributed by atoms with van der Waals surface area (Å²) >= 11 is 0. The second-order valence-electron chi connectivity index (χ2n) is 5.29. The molecule has 0 radical (unpaired) electrons. The Hall–Kier alpha value is -3.12. The van der Waals surface area contributed by atoms with Gasteiger partial charge in [0.1, 0.15) is 29.0 Å². The number of benzene rings is 2. The molecule has 0 amide bonds. The lowest BCUT2D eigenvalue weighted by molar-refractivity contribution is 0.0512. The van der Waals surface area contributed by atoms with Gasteiger partial charge in [-0.2, -0.15) is 0 Å². The number of methoxy groups -OCH3 is 1. The van der Waals surface area contributed by atoms with Crippen molar-refractivity contribution in [3.05, 3.63) is 59.0 Å². The van der Waals surface area contributed by atoms with Gasteiger partial charge < -0.3 is 18.9 Å². The average molecular weight is 322 g/mol. The summed E-state index contributed by atoms with van der Waals surface area (Å²) in [5.41, 5.74) is 2.37. The van der Waals surface area contributed by atoms with Gasteiger partial charge in [0.15, 0.2) is 6.79 Å². The van der Waals surface area contributed by atoms with Gasteiger partial charge in [-0.3, -0.25) is 4.79 Å². The van der Waals surface area contributed by atoms with Crippen LogP contribution < -0.4 is 10.2 Å². The molecule has 6 heteroatoms. The van der Waals surface area contributed by atoms with E-state index in [1.807, 2.05) is 24.3 Å². The van der Waals surface area contributed by atoms with E-state index in [-0.39, 0.29) is 12.2 Å². The van der Waals surface area contributed by atoms with Crippen LogP contribution in [0.4, 0.5) is 0 Å². The van der Waals surface area contributed by atoms with Gasteiger partial charge in [0, 0.05) is 13.2 Å². The first kappa shape index (κ1) is 14.5. The Morgan fingerprint density at radius 1 is 1.21 bits per heavy atom. The summed E-state index contributed by atoms with van der Waals surface area (Å²) in [5, 5.41) is 0.470. The van der Waals surface area contributed by atoms with Crippen LogP contribution in [-0.4, -0.2) is 23.9 Å². The van der Waals surface area contributed by atoms with E-state index in [0.717, 1.165) is 11.0 Å². The van der Waals surface area contributed by atoms with Crippen molar-refractivity contribution in [3.63, 3.8) is 0 Å². The quantitative estimate of drug-likeness (QED) is 0.583. The van der Waals surface area contributed by atoms with Crippen LogP contribution in [0.3, 0.4) is 0 Å². The van der Waals surface area contributed by atoms with Gasteiger partial charge in [-0.05, 0) is 24.3 Å². The first-order chi connectivity index (χ1) is 11.8. The number of rotatable bonds is 4. The SMILES string of the molecule is COCOc1ccc2c(=O)c(-c3nc4ccccc4[nH]3)coc2c1. The predicted molar refractivity (Wildman–Crippen MR) is 90.1 cm³/mol. The van der Waals surface area contributed by atoms with Crippen molar-refractivity contribution in [2.45, 2.75) is 0 Å². The zero-order chi connectivity index (χ0) is 16.5. The standard InChI is InChI=1S/C18H14N2O4/c1-22-10-24-11-6-7-12-16(8-11)23-9-13(17(12)21)18-19-14-4-2-3-5-15(14)20-18/h2-9H,10H2,1H3,(H,19,20). The number of nitrogens with one attached hydrogen (secondary N) is 1. The van der Waals surface area contributed by atoms with Crippen LogP contribution >= 0.6 is 0 Å². The van der Waals surface area contributed by atoms with Gasteiger partial charge in [-0.15, -0.1) is 0 Å². The van der Waals surface area contributed by atoms with Crippen LogP contribution in [0.2, 0.25) is 0 Å². The summed E-state index contributed by atoms with van der Waals surface area (Å²) in [7, 11) is 1.54. The normalized spacial score (nSPS) is 11.2. The fraction of sp³-hybridized carbons (Fsp3) is 0.111. The maximum atomic E-state index is 12.7. The summed E-state index contributed by atoms with van der Waals surface area (Å²) in [6.45, 7) is 0.132. The minimum atomic E-state index is -0.145. The van der Waals surface area contributed by atoms with Crippen molar-refractivity contribution in [2.75, 3.05) is 13.9 Å². The van der Waals surface area contributed by atoms with Crippen molar-refractivity contribution in [1.29, 1.82) is 0 Å². The fourth-order valence-electron chi connectivity index (χ4n) is 2.57. The lowest BCUT2D eigenvalue weighted by Crippen LogP contribution is -2.06. The highest BCUT2D eigenvalue weighted by Crippen LogP contribution is 2.23. The third-order valence-corrected chi connectivity index (χ3v) is 3.73. The number of hydrogen-bond acceptors (Lipinski definition) is 5. The molecule has 0 unspecified atom stereocenters. The lowest BCUT2D eigenvalue weighted by Gasteiger charge is -2.05. The van der Waals surface area contributed by atoms with E-state index in [1.54, 1.807) is 25.3 Å². The molecule has 2 aromatic heterocycles. The van der Waals surface area contributed by atoms with Crippen LogP contribution in [0.25, 0.3) is 33.4 Å². The molecular weight excluding hydrogens is 308 g/mol. The number of ether oxygens (including phenoxy) is 2. The molecule has 0 saturated carbocycles. The first-order valence-corrected chi connectivity index (χ1v) is 7.38. The van der Waals surface area contributed by atoms with Gasteiger partial charge in [0.05, 0.1) is 16.4 Å². The van der Waals surface area contributed by atoms with Crippen molar-refractivity contribution in [1.82, 2.24) is 9.97 Å². The van der Waals surface area contributed by atoms with Gasteiger partial charge in [0.25, 0.3) is 0 Å². The van der Waals surface area contributed by atoms with Crippen molar-refractivity contribution in [2.24, 2.45) is 0 Å². The Balaban J connectivity index is 1.82. The summed E-state index contributed by atoms with van der Waals surface area (Å²) in [6.07, 6.45) is 1.42. The smallest absolute Gasteiger partial charge is 0.203 e. The predicted octanol–water partition coefficient (Wildman–Crippen LogP) is 3.32. The number of aromatic amines is 1. The average Bonchev–Trinajstić information content (AvgIpc) is 3.04. The Kier molecular flexibility index (Phi) is 3.51. The third kappa shape index (κ3) is 2.43. The van der Waals surface area contributed by atoms with Crippen molar-refractivity contribution in [3.8, 4) is 17.1 Å². The van der Waals surface area contributed by atoms with Crippen molar-refractivity contribution >= 4 is 22.0 Å². The molecule has 1 N–H and O–H groups in total. The summed E-state index contributed by atoms with van der Waals surface area (Å²) < 4.78 is 15.8. The number of H-pyrrole nitrogens is 1. The highest BCUT2D eigenvalue weighted by molar-refractivity contribution is 5.84. The molecule has 4 rings (SSSR count). The van der Waals surface area contributed by atoms with E-state index < -0.39 is 0 Å². The molecule has 0 aliphatic carbocycles. The fourth-order valence-corrected chi connectivity index (χ4v) is 2.57. The Bertz CT molecular complexity index is 1050. The van der Waals surface area contributed by atoms with E-state index in [4.69, 9.17) is 13.9 Å². The van der Waals surface area contributed by atoms with Crippen LogP contribution in [0.1, 0.15) is 0 Å². The molecule has 24 heavy (non-hydrogen) atoms. The number of fused-ring (bicyclic) bond motifs is 2. The maximum absolute atomic E-state index is 12.7. The van der Waals surface area contributed by atoms with Crippen LogP contribution in [0.5, 0.6) is 5.75 Å². The zero-order valence-corrected chi connectivity index (χ0v) is 12.9. The maximum Gasteiger partial charge on any atom is 0.203 e. The van der Waals surface area contributed by atoms with Gasteiger partial charge in [-0.1, -0.05) is 12.1 Å². The molecular formula is C18H14N2O4. The number of imidazole rings is 1. The topological polar surface area (TPSA) is 77.4 Å². The first-order valence-electron chi connectivity index (χ1n) is 7.38. The molecule has 0 fully saturated rings. The summed E-state index contributed by atoms with van der Waals surface area (Å²) in [6, 6.07) is 12.7. The van der Waals surface area contributed by atoms with E-state index in [0.29, 0.717) is 28.1 Å². The molecule has 0 atom stereocenters. The summed E-state index contributed by atoms with van der Waals surface area (Å²) in [5.74, 6) is 1.07. The molecule has 6 nitrogen and oxygen atoms in total. The highest BCUT2D eigenvalue weighted by atomic mass is 16.7. The monoisotopic (exact) mass is 322 g/mol. The van der Waals surface area contributed by atoms with Crippen molar-refractivity contribution < 1.29 is 13.9 Å². The minimum Gasteiger partial charge on any atom is -0.467 e. The Morgan fingerprint density at radius 2 is 2.08 bits per heavy atom. The second kappa shape index (κ2) is 5.82. The van der Waals surface area contributed by atoms with Gasteiger partial charge >= 0.3 is 0 Å². The molecule has 120 valence electrons. The molecule has 2 heterocycles. The molecule has 2 aromatic carbocycles. The third-order valence-electron chi connectivity index (χ3n) is 3.73. The van der Waals surface area contributed by atoms with Gasteiger partial charge in [0.2, 0.25) is 5.43 Å². The number of nitrogens with zero attached hydrogens (tertiary/aromatic N) is 1. The van der Waals surface area contributed by atoms with Crippen LogP contribution in [0.15, 0.2) is 57.9 Å². The second-order valence-corrected chi connectivity index (χ2v) is 5.29. The number of para-hydroxylation sites is 2. The molecule has 0 aliphatic heterocycles. The molecule has 0 spiro atoms. The molecule has 4 aromatic rings. The zero-order valence-electron chi connectivity index (χ0n) is 12.9. The van der Waals surface area contributed by atoms with E-state index in [2.05, 4.69) is 9.97 Å². The van der Waals surface area contributed by atoms with Crippen LogP contribution in [0, 0.1) is 0 Å². The van der Waals surface area contributed by atoms with E-state index in [1.165, 1.54) is 6.26 Å². The number of hydrogen-bond donors (Lipinski definition) is 1. The number of aromatic nitrogens is 2. The lowest BCUT2D eigenvalue weighted by atomic mass is 10.1. The van der Waals surface area contributed by atoms with Gasteiger partial charge in [-0.25, -0.2) is 4.98 Å². The molecule has 0 bridgehead atoms. The van der Waals surface area contributed by atoms with Crippen LogP contribution in [-0.2, 0) is 4.74 Å². The molecule has 0 saturated heterocycles. The Morgan fingerprint density at radius 3 is 2.92 bits per heavy atom. The Labute approximate surface area is 136 Å². The summed E-state index contributed by atoms with van der Waals surface area (Å²) in [4.78, 5) is 20.3. The largest absolute Gasteiger partial charge is 0.467 e. The molecule has 0 aliphatic rings. The van der Waals surface area contributed by atoms with E-state index >= 15 is 0 Å². The highest BCUT2D eigenvalue weighted by Gasteiger charge is 2.13. The van der Waals surface area contributed by atoms with E-state index in [9.17, 15) is 4.79 Å².